The van der Waals surface area contributed by atoms with Crippen LogP contribution in [0.15, 0.2) is 36.4 Å². The van der Waals surface area contributed by atoms with Gasteiger partial charge in [0, 0.05) is 23.6 Å². The van der Waals surface area contributed by atoms with Gasteiger partial charge < -0.3 is 12.4 Å². The Kier molecular flexibility index (Phi) is 7.86. The maximum absolute atomic E-state index is 8.38. The molecule has 2 aromatic rings. The second-order valence-corrected chi connectivity index (χ2v) is 10.0. The lowest BCUT2D eigenvalue weighted by molar-refractivity contribution is -0.429. The first-order valence-electron chi connectivity index (χ1n) is 12.3. The molecular weight excluding hydrogens is 400 g/mol. The predicted octanol–water partition coefficient (Wildman–Crippen LogP) is 4.77. The molecule has 31 heavy (non-hydrogen) atoms. The highest BCUT2D eigenvalue weighted by molar-refractivity contribution is 5.83. The number of rotatable bonds is 6. The fourth-order valence-corrected chi connectivity index (χ4v) is 4.65. The van der Waals surface area contributed by atoms with Gasteiger partial charge >= 0.3 is 0 Å². The van der Waals surface area contributed by atoms with E-state index in [1.807, 2.05) is 0 Å². The van der Waals surface area contributed by atoms with E-state index in [2.05, 4.69) is 108 Å². The summed E-state index contributed by atoms with van der Waals surface area (Å²) in [7, 11) is 0. The Balaban J connectivity index is 0.00000363. The quantitative estimate of drug-likeness (QED) is 0.585. The van der Waals surface area contributed by atoms with Crippen LogP contribution < -0.4 is 17.3 Å². The molecule has 1 aliphatic heterocycles. The van der Waals surface area contributed by atoms with Gasteiger partial charge in [-0.25, -0.2) is 9.48 Å². The molecule has 0 amide bonds. The molecule has 2 aromatic carbocycles. The summed E-state index contributed by atoms with van der Waals surface area (Å²) in [6.07, 6.45) is 2.30. The molecule has 0 N–H and O–H groups in total. The maximum atomic E-state index is 8.38. The number of hydrogen-bond acceptors (Lipinski definition) is 1. The fraction of sp³-hybridized carbons (Fsp3) is 0.536. The van der Waals surface area contributed by atoms with Gasteiger partial charge in [-0.05, 0) is 30.6 Å². The van der Waals surface area contributed by atoms with Crippen LogP contribution in [0.5, 0.6) is 0 Å². The molecule has 0 spiro atoms. The van der Waals surface area contributed by atoms with Crippen molar-refractivity contribution < 1.29 is 18.4 Å². The highest BCUT2D eigenvalue weighted by Crippen LogP contribution is 2.39. The first kappa shape index (κ1) is 23.9. The second kappa shape index (κ2) is 10.2. The van der Waals surface area contributed by atoms with Gasteiger partial charge in [0.05, 0.1) is 0 Å². The summed E-state index contributed by atoms with van der Waals surface area (Å²) in [5.74, 6) is 1.80. The van der Waals surface area contributed by atoms with Gasteiger partial charge in [0.2, 0.25) is 6.34 Å². The van der Waals surface area contributed by atoms with Crippen LogP contribution in [0.2, 0.25) is 0 Å². The van der Waals surface area contributed by atoms with E-state index in [9.17, 15) is 0 Å². The lowest BCUT2D eigenvalue weighted by Crippen LogP contribution is -3.00. The molecule has 0 aromatic heterocycles. The summed E-state index contributed by atoms with van der Waals surface area (Å²) in [6.45, 7) is 19.5. The van der Waals surface area contributed by atoms with Crippen LogP contribution in [-0.4, -0.2) is 23.5 Å². The van der Waals surface area contributed by atoms with Crippen LogP contribution in [0, 0.1) is 0 Å². The van der Waals surface area contributed by atoms with Gasteiger partial charge in [-0.3, -0.25) is 0 Å². The lowest BCUT2D eigenvalue weighted by atomic mass is 9.91. The molecule has 0 bridgehead atoms. The summed E-state index contributed by atoms with van der Waals surface area (Å²) >= 11 is 0. The lowest BCUT2D eigenvalue weighted by Gasteiger charge is -2.23. The van der Waals surface area contributed by atoms with Crippen molar-refractivity contribution >= 4 is 17.7 Å². The Morgan fingerprint density at radius 3 is 1.58 bits per heavy atom. The molecule has 3 rings (SSSR count). The van der Waals surface area contributed by atoms with Gasteiger partial charge in [0.15, 0.2) is 0 Å². The zero-order valence-electron chi connectivity index (χ0n) is 21.6. The van der Waals surface area contributed by atoms with Gasteiger partial charge in [0.1, 0.15) is 24.0 Å². The van der Waals surface area contributed by atoms with E-state index in [-0.39, 0.29) is 18.4 Å². The van der Waals surface area contributed by atoms with Crippen LogP contribution in [-0.2, 0) is 0 Å². The van der Waals surface area contributed by atoms with E-state index in [0.717, 1.165) is 6.54 Å². The van der Waals surface area contributed by atoms with Crippen molar-refractivity contribution in [2.45, 2.75) is 92.0 Å². The Bertz CT molecular complexity index is 894. The Morgan fingerprint density at radius 1 is 0.774 bits per heavy atom. The number of anilines is 1. The molecule has 0 saturated carbocycles. The topological polar surface area (TPSA) is 6.25 Å². The van der Waals surface area contributed by atoms with E-state index in [4.69, 9.17) is 1.37 Å². The molecular formula is C28H41ClN2. The minimum absolute atomic E-state index is 0. The third kappa shape index (κ3) is 5.00. The first-order chi connectivity index (χ1) is 14.7. The summed E-state index contributed by atoms with van der Waals surface area (Å²) in [5.41, 5.74) is 8.22. The van der Waals surface area contributed by atoms with Crippen LogP contribution in [0.25, 0.3) is 0 Å². The molecule has 0 saturated heterocycles. The average Bonchev–Trinajstić information content (AvgIpc) is 3.16. The second-order valence-electron chi connectivity index (χ2n) is 10.0. The molecule has 1 heterocycles. The molecule has 0 aliphatic carbocycles. The summed E-state index contributed by atoms with van der Waals surface area (Å²) < 4.78 is 10.8. The van der Waals surface area contributed by atoms with Crippen molar-refractivity contribution in [2.24, 2.45) is 0 Å². The normalized spacial score (nSPS) is 16.9. The summed E-state index contributed by atoms with van der Waals surface area (Å²) in [6, 6.07) is 13.6. The molecule has 0 fully saturated rings. The van der Waals surface area contributed by atoms with Crippen LogP contribution in [0.1, 0.15) is 110 Å². The zero-order valence-corrected chi connectivity index (χ0v) is 21.4. The number of benzene rings is 2. The molecule has 2 nitrogen and oxygen atoms in total. The Morgan fingerprint density at radius 2 is 1.19 bits per heavy atom. The highest BCUT2D eigenvalue weighted by Gasteiger charge is 2.36. The van der Waals surface area contributed by atoms with Gasteiger partial charge in [0.25, 0.3) is 0 Å². The van der Waals surface area contributed by atoms with Crippen LogP contribution in [0.4, 0.5) is 11.4 Å². The molecule has 1 atom stereocenters. The molecule has 1 aliphatic rings. The van der Waals surface area contributed by atoms with Crippen molar-refractivity contribution in [3.05, 3.63) is 58.7 Å². The van der Waals surface area contributed by atoms with E-state index < -0.39 is 0 Å². The zero-order chi connectivity index (χ0) is 22.9. The van der Waals surface area contributed by atoms with Crippen molar-refractivity contribution in [1.29, 1.82) is 0 Å². The molecule has 170 valence electrons. The van der Waals surface area contributed by atoms with Crippen LogP contribution >= 0.6 is 0 Å². The van der Waals surface area contributed by atoms with E-state index in [0.29, 0.717) is 30.6 Å². The number of para-hydroxylation sites is 2. The smallest absolute Gasteiger partial charge is 0.245 e. The Hall–Kier alpha value is -1.80. The van der Waals surface area contributed by atoms with Crippen molar-refractivity contribution in [3.63, 3.8) is 0 Å². The predicted molar refractivity (Wildman–Crippen MR) is 132 cm³/mol. The first-order valence-corrected chi connectivity index (χ1v) is 11.6. The molecule has 1 unspecified atom stereocenters. The minimum atomic E-state index is 0. The van der Waals surface area contributed by atoms with E-state index >= 15 is 0 Å². The van der Waals surface area contributed by atoms with Gasteiger partial charge in [-0.15, -0.1) is 0 Å². The van der Waals surface area contributed by atoms with Crippen molar-refractivity contribution in [3.8, 4) is 0 Å². The number of halogens is 1. The van der Waals surface area contributed by atoms with E-state index in [1.165, 1.54) is 33.6 Å². The minimum Gasteiger partial charge on any atom is -1.00 e. The highest BCUT2D eigenvalue weighted by atomic mass is 35.5. The van der Waals surface area contributed by atoms with E-state index in [1.54, 1.807) is 0 Å². The van der Waals surface area contributed by atoms with Gasteiger partial charge in [-0.2, -0.15) is 0 Å². The number of nitrogens with zero attached hydrogens (tertiary/aromatic N) is 2. The maximum Gasteiger partial charge on any atom is 0.245 e. The SMILES string of the molecule is [2H]CC1C[N+](c2c(C(C)C)cccc2C(C)C)=CN1c1c(C(C)C)cccc1C(C)C.[Cl-]. The third-order valence-electron chi connectivity index (χ3n) is 6.29. The van der Waals surface area contributed by atoms with Gasteiger partial charge in [-0.1, -0.05) is 91.8 Å². The molecule has 3 heteroatoms. The third-order valence-corrected chi connectivity index (χ3v) is 6.29. The summed E-state index contributed by atoms with van der Waals surface area (Å²) in [5, 5.41) is 0. The van der Waals surface area contributed by atoms with Crippen molar-refractivity contribution in [2.75, 3.05) is 11.4 Å². The average molecular weight is 442 g/mol. The monoisotopic (exact) mass is 441 g/mol. The number of hydrogen-bond donors (Lipinski definition) is 0. The summed E-state index contributed by atoms with van der Waals surface area (Å²) in [4.78, 5) is 2.42. The largest absolute Gasteiger partial charge is 1.00 e. The Labute approximate surface area is 198 Å². The molecule has 0 radical (unpaired) electrons. The van der Waals surface area contributed by atoms with Crippen molar-refractivity contribution in [1.82, 2.24) is 0 Å². The van der Waals surface area contributed by atoms with Crippen LogP contribution in [0.3, 0.4) is 0 Å². The fourth-order valence-electron chi connectivity index (χ4n) is 4.65. The standard InChI is InChI=1S/C28H41N2.ClH/c1-18(2)23-12-10-13-24(19(3)4)27(23)29-16-22(9)30(17-29)28-25(20(5)6)14-11-15-26(28)21(7)8;/h10-15,17-22H,16H2,1-9H3;1H/q+1;/p-1/i9D;.